The van der Waals surface area contributed by atoms with Crippen LogP contribution in [0.25, 0.3) is 0 Å². The maximum Gasteiger partial charge on any atom is 0.262 e. The van der Waals surface area contributed by atoms with E-state index in [0.29, 0.717) is 11.6 Å². The van der Waals surface area contributed by atoms with Crippen molar-refractivity contribution >= 4 is 39.3 Å². The highest BCUT2D eigenvalue weighted by molar-refractivity contribution is 9.10. The van der Waals surface area contributed by atoms with Crippen LogP contribution in [0.4, 0.5) is 14.6 Å². The summed E-state index contributed by atoms with van der Waals surface area (Å²) in [4.78, 5) is 12.1. The third kappa shape index (κ3) is 3.88. The van der Waals surface area contributed by atoms with E-state index in [-0.39, 0.29) is 5.82 Å². The van der Waals surface area contributed by atoms with Crippen molar-refractivity contribution in [3.05, 3.63) is 80.9 Å². The number of carbonyl (C=O) groups is 1. The average molecular weight is 427 g/mol. The van der Waals surface area contributed by atoms with Gasteiger partial charge in [-0.1, -0.05) is 39.7 Å². The van der Waals surface area contributed by atoms with Gasteiger partial charge in [-0.25, -0.2) is 8.78 Å². The Bertz CT molecular complexity index is 905. The Morgan fingerprint density at radius 3 is 2.52 bits per heavy atom. The molecule has 0 spiro atoms. The largest absolute Gasteiger partial charge is 0.305 e. The molecule has 128 valence electrons. The van der Waals surface area contributed by atoms with Crippen molar-refractivity contribution in [1.29, 1.82) is 0 Å². The molecule has 0 fully saturated rings. The van der Waals surface area contributed by atoms with Crippen LogP contribution in [-0.4, -0.2) is 15.7 Å². The van der Waals surface area contributed by atoms with Gasteiger partial charge in [0.15, 0.2) is 5.82 Å². The van der Waals surface area contributed by atoms with Gasteiger partial charge in [-0.05, 0) is 24.3 Å². The lowest BCUT2D eigenvalue weighted by Gasteiger charge is -2.07. The number of aromatic nitrogens is 2. The topological polar surface area (TPSA) is 46.9 Å². The second-order valence-electron chi connectivity index (χ2n) is 5.15. The molecule has 1 aromatic heterocycles. The third-order valence-corrected chi connectivity index (χ3v) is 4.55. The molecule has 0 atom stereocenters. The molecular formula is C17H11BrClF2N3O. The minimum absolute atomic E-state index is 0.177. The number of halogens is 4. The minimum atomic E-state index is -0.933. The van der Waals surface area contributed by atoms with Crippen molar-refractivity contribution in [1.82, 2.24) is 9.78 Å². The van der Waals surface area contributed by atoms with E-state index >= 15 is 0 Å². The highest BCUT2D eigenvalue weighted by Gasteiger charge is 2.18. The molecule has 0 aliphatic carbocycles. The molecule has 0 bridgehead atoms. The number of carbonyl (C=O) groups excluding carboxylic acids is 1. The van der Waals surface area contributed by atoms with Gasteiger partial charge in [0.25, 0.3) is 5.91 Å². The van der Waals surface area contributed by atoms with Crippen LogP contribution >= 0.6 is 27.5 Å². The van der Waals surface area contributed by atoms with Gasteiger partial charge < -0.3 is 5.32 Å². The number of benzene rings is 2. The standard InChI is InChI=1S/C17H11BrClF2N3O/c18-11-3-1-4-12(19)10(11)9-24-8-7-15(23-24)22-17(25)16-13(20)5-2-6-14(16)21/h1-8H,9H2,(H,22,23,25). The lowest BCUT2D eigenvalue weighted by atomic mass is 10.2. The Morgan fingerprint density at radius 2 is 1.84 bits per heavy atom. The Kier molecular flexibility index (Phi) is 5.15. The Morgan fingerprint density at radius 1 is 1.16 bits per heavy atom. The van der Waals surface area contributed by atoms with E-state index in [1.165, 1.54) is 12.1 Å². The zero-order valence-corrected chi connectivity index (χ0v) is 15.0. The predicted molar refractivity (Wildman–Crippen MR) is 94.8 cm³/mol. The average Bonchev–Trinajstić information content (AvgIpc) is 2.98. The summed E-state index contributed by atoms with van der Waals surface area (Å²) in [5.41, 5.74) is 0.177. The lowest BCUT2D eigenvalue weighted by molar-refractivity contribution is 0.101. The van der Waals surface area contributed by atoms with Crippen LogP contribution < -0.4 is 5.32 Å². The van der Waals surface area contributed by atoms with Gasteiger partial charge in [0.1, 0.15) is 17.2 Å². The van der Waals surface area contributed by atoms with Crippen LogP contribution in [0.3, 0.4) is 0 Å². The number of anilines is 1. The molecule has 0 unspecified atom stereocenters. The van der Waals surface area contributed by atoms with E-state index < -0.39 is 23.1 Å². The molecule has 8 heteroatoms. The second-order valence-corrected chi connectivity index (χ2v) is 6.41. The summed E-state index contributed by atoms with van der Waals surface area (Å²) in [7, 11) is 0. The first kappa shape index (κ1) is 17.6. The van der Waals surface area contributed by atoms with Gasteiger partial charge in [-0.15, -0.1) is 0 Å². The summed E-state index contributed by atoms with van der Waals surface area (Å²) in [6.07, 6.45) is 1.63. The van der Waals surface area contributed by atoms with Crippen LogP contribution in [0.15, 0.2) is 53.1 Å². The summed E-state index contributed by atoms with van der Waals surface area (Å²) in [5.74, 6) is -2.59. The van der Waals surface area contributed by atoms with E-state index in [4.69, 9.17) is 11.6 Å². The molecule has 3 rings (SSSR count). The number of rotatable bonds is 4. The van der Waals surface area contributed by atoms with Crippen LogP contribution in [0.5, 0.6) is 0 Å². The molecule has 2 aromatic carbocycles. The fourth-order valence-corrected chi connectivity index (χ4v) is 3.10. The molecule has 1 amide bonds. The van der Waals surface area contributed by atoms with E-state index in [1.807, 2.05) is 12.1 Å². The molecule has 3 aromatic rings. The lowest BCUT2D eigenvalue weighted by Crippen LogP contribution is -2.16. The number of nitrogens with one attached hydrogen (secondary N) is 1. The van der Waals surface area contributed by atoms with Crippen molar-refractivity contribution in [2.24, 2.45) is 0 Å². The van der Waals surface area contributed by atoms with Gasteiger partial charge in [0.05, 0.1) is 6.54 Å². The predicted octanol–water partition coefficient (Wildman–Crippen LogP) is 4.88. The molecule has 25 heavy (non-hydrogen) atoms. The smallest absolute Gasteiger partial charge is 0.262 e. The van der Waals surface area contributed by atoms with E-state index in [2.05, 4.69) is 26.3 Å². The highest BCUT2D eigenvalue weighted by Crippen LogP contribution is 2.25. The van der Waals surface area contributed by atoms with Crippen molar-refractivity contribution in [2.75, 3.05) is 5.32 Å². The summed E-state index contributed by atoms with van der Waals surface area (Å²) in [6.45, 7) is 0.365. The molecule has 0 radical (unpaired) electrons. The first-order valence-electron chi connectivity index (χ1n) is 7.17. The highest BCUT2D eigenvalue weighted by atomic mass is 79.9. The molecule has 1 N–H and O–H groups in total. The van der Waals surface area contributed by atoms with Gasteiger partial charge >= 0.3 is 0 Å². The first-order chi connectivity index (χ1) is 12.0. The maximum absolute atomic E-state index is 13.6. The number of hydrogen-bond acceptors (Lipinski definition) is 2. The van der Waals surface area contributed by atoms with Crippen LogP contribution in [0.1, 0.15) is 15.9 Å². The Hall–Kier alpha value is -2.25. The van der Waals surface area contributed by atoms with Gasteiger partial charge in [0.2, 0.25) is 0 Å². The zero-order valence-electron chi connectivity index (χ0n) is 12.6. The number of amides is 1. The quantitative estimate of drug-likeness (QED) is 0.646. The van der Waals surface area contributed by atoms with Gasteiger partial charge in [-0.3, -0.25) is 9.48 Å². The Balaban J connectivity index is 1.77. The Labute approximate surface area is 155 Å². The fraction of sp³-hybridized carbons (Fsp3) is 0.0588. The maximum atomic E-state index is 13.6. The van der Waals surface area contributed by atoms with Crippen LogP contribution in [0.2, 0.25) is 5.02 Å². The van der Waals surface area contributed by atoms with Gasteiger partial charge in [0, 0.05) is 27.3 Å². The second kappa shape index (κ2) is 7.33. The molecule has 0 saturated heterocycles. The van der Waals surface area contributed by atoms with Crippen molar-refractivity contribution in [3.8, 4) is 0 Å². The first-order valence-corrected chi connectivity index (χ1v) is 8.34. The molecule has 0 saturated carbocycles. The molecule has 4 nitrogen and oxygen atoms in total. The minimum Gasteiger partial charge on any atom is -0.305 e. The molecule has 1 heterocycles. The summed E-state index contributed by atoms with van der Waals surface area (Å²) in [5, 5.41) is 7.13. The van der Waals surface area contributed by atoms with Crippen LogP contribution in [0, 0.1) is 11.6 Å². The van der Waals surface area contributed by atoms with E-state index in [9.17, 15) is 13.6 Å². The van der Waals surface area contributed by atoms with Crippen LogP contribution in [-0.2, 0) is 6.54 Å². The molecular weight excluding hydrogens is 416 g/mol. The van der Waals surface area contributed by atoms with Crippen molar-refractivity contribution < 1.29 is 13.6 Å². The van der Waals surface area contributed by atoms with E-state index in [1.54, 1.807) is 16.9 Å². The monoisotopic (exact) mass is 425 g/mol. The fourth-order valence-electron chi connectivity index (χ4n) is 2.26. The normalized spacial score (nSPS) is 10.7. The summed E-state index contributed by atoms with van der Waals surface area (Å²) in [6, 6.07) is 10.2. The molecule has 0 aliphatic heterocycles. The number of hydrogen-bond donors (Lipinski definition) is 1. The molecule has 0 aliphatic rings. The van der Waals surface area contributed by atoms with Crippen molar-refractivity contribution in [3.63, 3.8) is 0 Å². The van der Waals surface area contributed by atoms with Gasteiger partial charge in [-0.2, -0.15) is 5.10 Å². The summed E-state index contributed by atoms with van der Waals surface area (Å²) < 4.78 is 29.7. The number of nitrogens with zero attached hydrogens (tertiary/aromatic N) is 2. The third-order valence-electron chi connectivity index (χ3n) is 3.45. The van der Waals surface area contributed by atoms with Crippen molar-refractivity contribution in [2.45, 2.75) is 6.54 Å². The van der Waals surface area contributed by atoms with E-state index in [0.717, 1.165) is 22.2 Å². The SMILES string of the molecule is O=C(Nc1ccn(Cc2c(Cl)cccc2Br)n1)c1c(F)cccc1F. The summed E-state index contributed by atoms with van der Waals surface area (Å²) >= 11 is 9.58. The zero-order chi connectivity index (χ0) is 18.0.